The molecular weight excluding hydrogens is 234 g/mol. The van der Waals surface area contributed by atoms with Crippen molar-refractivity contribution in [3.8, 4) is 0 Å². The molecule has 3 atom stereocenters. The minimum atomic E-state index is 0.636. The first-order valence-corrected chi connectivity index (χ1v) is 8.28. The lowest BCUT2D eigenvalue weighted by molar-refractivity contribution is 0.176. The van der Waals surface area contributed by atoms with Crippen LogP contribution in [-0.2, 0) is 0 Å². The van der Waals surface area contributed by atoms with E-state index in [4.69, 9.17) is 0 Å². The Kier molecular flexibility index (Phi) is 7.96. The smallest absolute Gasteiger partial charge is 0.0223 e. The molecule has 114 valence electrons. The Balaban J connectivity index is 2.41. The number of nitrogens with zero attached hydrogens (tertiary/aromatic N) is 2. The second-order valence-electron chi connectivity index (χ2n) is 6.20. The summed E-state index contributed by atoms with van der Waals surface area (Å²) in [4.78, 5) is 5.18. The number of likely N-dealkylation sites (tertiary alicyclic amines) is 1. The van der Waals surface area contributed by atoms with E-state index in [-0.39, 0.29) is 0 Å². The average Bonchev–Trinajstić information content (AvgIpc) is 2.84. The van der Waals surface area contributed by atoms with Crippen molar-refractivity contribution in [2.24, 2.45) is 5.92 Å². The number of hydrogen-bond donors (Lipinski definition) is 1. The molecule has 0 amide bonds. The van der Waals surface area contributed by atoms with E-state index in [2.05, 4.69) is 49.9 Å². The van der Waals surface area contributed by atoms with Crippen LogP contribution in [0.15, 0.2) is 0 Å². The van der Waals surface area contributed by atoms with Gasteiger partial charge in [0.15, 0.2) is 0 Å². The van der Waals surface area contributed by atoms with Crippen LogP contribution in [0.2, 0.25) is 0 Å². The minimum Gasteiger partial charge on any atom is -0.313 e. The Hall–Kier alpha value is -0.120. The first kappa shape index (κ1) is 16.9. The molecule has 0 aromatic carbocycles. The zero-order chi connectivity index (χ0) is 14.3. The second-order valence-corrected chi connectivity index (χ2v) is 6.20. The third-order valence-corrected chi connectivity index (χ3v) is 4.73. The highest BCUT2D eigenvalue weighted by atomic mass is 15.2. The fourth-order valence-electron chi connectivity index (χ4n) is 3.28. The summed E-state index contributed by atoms with van der Waals surface area (Å²) in [7, 11) is 2.29. The lowest BCUT2D eigenvalue weighted by Gasteiger charge is -2.32. The zero-order valence-corrected chi connectivity index (χ0v) is 13.8. The van der Waals surface area contributed by atoms with Crippen LogP contribution in [0.5, 0.6) is 0 Å². The molecule has 3 unspecified atom stereocenters. The number of hydrogen-bond acceptors (Lipinski definition) is 3. The molecule has 1 N–H and O–H groups in total. The van der Waals surface area contributed by atoms with Gasteiger partial charge in [0.25, 0.3) is 0 Å². The third-order valence-electron chi connectivity index (χ3n) is 4.73. The number of rotatable bonds is 9. The summed E-state index contributed by atoms with van der Waals surface area (Å²) in [6.45, 7) is 15.2. The SMILES string of the molecule is CCNC(CN(C)CC1CCCN1CC)C(C)CC. The maximum atomic E-state index is 3.66. The van der Waals surface area contributed by atoms with E-state index in [1.165, 1.54) is 45.4 Å². The summed E-state index contributed by atoms with van der Waals surface area (Å²) in [5.74, 6) is 0.758. The van der Waals surface area contributed by atoms with E-state index in [0.717, 1.165) is 18.5 Å². The highest BCUT2D eigenvalue weighted by molar-refractivity contribution is 4.83. The predicted molar refractivity (Wildman–Crippen MR) is 84.7 cm³/mol. The molecule has 1 aliphatic rings. The summed E-state index contributed by atoms with van der Waals surface area (Å²) in [5.41, 5.74) is 0. The molecule has 3 nitrogen and oxygen atoms in total. The summed E-state index contributed by atoms with van der Waals surface area (Å²) < 4.78 is 0. The van der Waals surface area contributed by atoms with Crippen molar-refractivity contribution in [3.63, 3.8) is 0 Å². The van der Waals surface area contributed by atoms with Crippen molar-refractivity contribution in [2.75, 3.05) is 39.8 Å². The van der Waals surface area contributed by atoms with Gasteiger partial charge in [0.1, 0.15) is 0 Å². The van der Waals surface area contributed by atoms with E-state index in [1.807, 2.05) is 0 Å². The van der Waals surface area contributed by atoms with Crippen molar-refractivity contribution in [3.05, 3.63) is 0 Å². The zero-order valence-electron chi connectivity index (χ0n) is 13.8. The molecule has 0 aromatic rings. The average molecular weight is 269 g/mol. The highest BCUT2D eigenvalue weighted by Crippen LogP contribution is 2.18. The normalized spacial score (nSPS) is 24.0. The predicted octanol–water partition coefficient (Wildman–Crippen LogP) is 2.43. The maximum Gasteiger partial charge on any atom is 0.0223 e. The minimum absolute atomic E-state index is 0.636. The largest absolute Gasteiger partial charge is 0.313 e. The molecule has 1 fully saturated rings. The van der Waals surface area contributed by atoms with E-state index in [1.54, 1.807) is 0 Å². The highest BCUT2D eigenvalue weighted by Gasteiger charge is 2.25. The molecule has 3 heteroatoms. The Morgan fingerprint density at radius 2 is 2.05 bits per heavy atom. The van der Waals surface area contributed by atoms with Gasteiger partial charge in [-0.1, -0.05) is 34.1 Å². The molecule has 0 spiro atoms. The van der Waals surface area contributed by atoms with Gasteiger partial charge in [-0.3, -0.25) is 4.90 Å². The van der Waals surface area contributed by atoms with Gasteiger partial charge >= 0.3 is 0 Å². The van der Waals surface area contributed by atoms with Crippen molar-refractivity contribution in [1.82, 2.24) is 15.1 Å². The number of likely N-dealkylation sites (N-methyl/N-ethyl adjacent to an activating group) is 3. The Bertz CT molecular complexity index is 232. The molecule has 0 bridgehead atoms. The summed E-state index contributed by atoms with van der Waals surface area (Å²) in [6, 6.07) is 1.42. The second kappa shape index (κ2) is 8.93. The van der Waals surface area contributed by atoms with Crippen LogP contribution in [0.4, 0.5) is 0 Å². The van der Waals surface area contributed by atoms with Crippen LogP contribution in [-0.4, -0.2) is 61.7 Å². The Morgan fingerprint density at radius 3 is 2.63 bits per heavy atom. The van der Waals surface area contributed by atoms with E-state index < -0.39 is 0 Å². The topological polar surface area (TPSA) is 18.5 Å². The van der Waals surface area contributed by atoms with Crippen LogP contribution in [0.25, 0.3) is 0 Å². The van der Waals surface area contributed by atoms with Gasteiger partial charge < -0.3 is 10.2 Å². The first-order valence-electron chi connectivity index (χ1n) is 8.28. The van der Waals surface area contributed by atoms with Crippen LogP contribution in [0.3, 0.4) is 0 Å². The van der Waals surface area contributed by atoms with Crippen LogP contribution >= 0.6 is 0 Å². The molecule has 19 heavy (non-hydrogen) atoms. The molecule has 1 saturated heterocycles. The van der Waals surface area contributed by atoms with Crippen molar-refractivity contribution >= 4 is 0 Å². The number of nitrogens with one attached hydrogen (secondary N) is 1. The van der Waals surface area contributed by atoms with Crippen molar-refractivity contribution in [2.45, 2.75) is 59.0 Å². The summed E-state index contributed by atoms with van der Waals surface area (Å²) in [5, 5.41) is 3.66. The molecular formula is C16H35N3. The van der Waals surface area contributed by atoms with Gasteiger partial charge in [-0.05, 0) is 45.4 Å². The van der Waals surface area contributed by atoms with Gasteiger partial charge in [0, 0.05) is 25.2 Å². The fourth-order valence-corrected chi connectivity index (χ4v) is 3.28. The molecule has 1 rings (SSSR count). The lowest BCUT2D eigenvalue weighted by atomic mass is 9.98. The molecule has 0 radical (unpaired) electrons. The van der Waals surface area contributed by atoms with Crippen LogP contribution in [0.1, 0.15) is 47.0 Å². The third kappa shape index (κ3) is 5.41. The van der Waals surface area contributed by atoms with Gasteiger partial charge in [0.05, 0.1) is 0 Å². The molecule has 1 aliphatic heterocycles. The van der Waals surface area contributed by atoms with E-state index in [0.29, 0.717) is 6.04 Å². The van der Waals surface area contributed by atoms with Gasteiger partial charge in [-0.25, -0.2) is 0 Å². The molecule has 0 aromatic heterocycles. The van der Waals surface area contributed by atoms with E-state index >= 15 is 0 Å². The van der Waals surface area contributed by atoms with Crippen LogP contribution in [0, 0.1) is 5.92 Å². The van der Waals surface area contributed by atoms with Gasteiger partial charge in [-0.2, -0.15) is 0 Å². The molecule has 1 heterocycles. The fraction of sp³-hybridized carbons (Fsp3) is 1.00. The monoisotopic (exact) mass is 269 g/mol. The quantitative estimate of drug-likeness (QED) is 0.693. The molecule has 0 saturated carbocycles. The van der Waals surface area contributed by atoms with Crippen molar-refractivity contribution in [1.29, 1.82) is 0 Å². The Labute approximate surface area is 120 Å². The first-order chi connectivity index (χ1) is 9.12. The standard InChI is InChI=1S/C16H35N3/c1-6-14(4)16(17-7-2)13-18(5)12-15-10-9-11-19(15)8-3/h14-17H,6-13H2,1-5H3. The van der Waals surface area contributed by atoms with E-state index in [9.17, 15) is 0 Å². The molecule has 0 aliphatic carbocycles. The van der Waals surface area contributed by atoms with Crippen molar-refractivity contribution < 1.29 is 0 Å². The summed E-state index contributed by atoms with van der Waals surface area (Å²) in [6.07, 6.45) is 4.03. The summed E-state index contributed by atoms with van der Waals surface area (Å²) >= 11 is 0. The maximum absolute atomic E-state index is 3.66. The lowest BCUT2D eigenvalue weighted by Crippen LogP contribution is -2.47. The van der Waals surface area contributed by atoms with Gasteiger partial charge in [0.2, 0.25) is 0 Å². The van der Waals surface area contributed by atoms with Crippen LogP contribution < -0.4 is 5.32 Å². The van der Waals surface area contributed by atoms with Gasteiger partial charge in [-0.15, -0.1) is 0 Å². The Morgan fingerprint density at radius 1 is 1.32 bits per heavy atom.